The van der Waals surface area contributed by atoms with Crippen molar-refractivity contribution in [2.75, 3.05) is 0 Å². The highest BCUT2D eigenvalue weighted by molar-refractivity contribution is 9.09. The summed E-state index contributed by atoms with van der Waals surface area (Å²) >= 11 is 4.10. The molecule has 5 aliphatic carbocycles. The minimum absolute atomic E-state index is 0.407. The Morgan fingerprint density at radius 2 is 2.06 bits per heavy atom. The standard InChI is InChI=1S/C16H25BrO/c1-4-5-6-16-13-9-7-10(18-8(2)3)12(14(13)16)11(9)15(16)17/h8-15H,4-7H2,1-3H3/t9?,10-,11?,12?,13?,14?,15?,16?/m0/s1. The normalized spacial score (nSPS) is 58.8. The molecule has 0 aromatic heterocycles. The summed E-state index contributed by atoms with van der Waals surface area (Å²) in [5.74, 6) is 4.98. The van der Waals surface area contributed by atoms with Crippen molar-refractivity contribution in [2.45, 2.75) is 63.5 Å². The van der Waals surface area contributed by atoms with Crippen molar-refractivity contribution in [2.24, 2.45) is 35.0 Å². The maximum atomic E-state index is 6.22. The third kappa shape index (κ3) is 1.19. The van der Waals surface area contributed by atoms with Crippen molar-refractivity contribution >= 4 is 15.9 Å². The van der Waals surface area contributed by atoms with Crippen molar-refractivity contribution in [3.05, 3.63) is 0 Å². The van der Waals surface area contributed by atoms with Crippen molar-refractivity contribution in [1.82, 2.24) is 0 Å². The highest BCUT2D eigenvalue weighted by Crippen LogP contribution is 2.90. The van der Waals surface area contributed by atoms with Crippen molar-refractivity contribution in [3.8, 4) is 0 Å². The fraction of sp³-hybridized carbons (Fsp3) is 1.00. The van der Waals surface area contributed by atoms with Gasteiger partial charge in [-0.3, -0.25) is 0 Å². The molecule has 7 unspecified atom stereocenters. The van der Waals surface area contributed by atoms with Gasteiger partial charge in [0, 0.05) is 4.83 Å². The number of unbranched alkanes of at least 4 members (excludes halogenated alkanes) is 1. The fourth-order valence-corrected chi connectivity index (χ4v) is 7.93. The largest absolute Gasteiger partial charge is 0.375 e. The summed E-state index contributed by atoms with van der Waals surface area (Å²) in [5, 5.41) is 0. The van der Waals surface area contributed by atoms with E-state index in [-0.39, 0.29) is 0 Å². The topological polar surface area (TPSA) is 9.23 Å². The van der Waals surface area contributed by atoms with Crippen LogP contribution in [-0.2, 0) is 4.74 Å². The number of halogens is 1. The van der Waals surface area contributed by atoms with Gasteiger partial charge in [0.25, 0.3) is 0 Å². The number of hydrogen-bond donors (Lipinski definition) is 0. The summed E-state index contributed by atoms with van der Waals surface area (Å²) in [6.45, 7) is 6.72. The van der Waals surface area contributed by atoms with Gasteiger partial charge in [0.05, 0.1) is 12.2 Å². The van der Waals surface area contributed by atoms with Gasteiger partial charge in [0.1, 0.15) is 0 Å². The lowest BCUT2D eigenvalue weighted by atomic mass is 9.96. The molecule has 0 radical (unpaired) electrons. The van der Waals surface area contributed by atoms with Crippen molar-refractivity contribution in [3.63, 3.8) is 0 Å². The molecule has 5 saturated carbocycles. The minimum atomic E-state index is 0.407. The van der Waals surface area contributed by atoms with E-state index in [0.29, 0.717) is 17.6 Å². The lowest BCUT2D eigenvalue weighted by Gasteiger charge is -2.24. The van der Waals surface area contributed by atoms with Gasteiger partial charge in [-0.05, 0) is 61.7 Å². The summed E-state index contributed by atoms with van der Waals surface area (Å²) in [5.41, 5.74) is 0.713. The molecule has 5 aliphatic rings. The molecule has 102 valence electrons. The molecule has 0 saturated heterocycles. The average Bonchev–Trinajstić information content (AvgIpc) is 2.58. The zero-order valence-electron chi connectivity index (χ0n) is 11.7. The van der Waals surface area contributed by atoms with Gasteiger partial charge in [-0.15, -0.1) is 0 Å². The second kappa shape index (κ2) is 3.75. The van der Waals surface area contributed by atoms with E-state index in [1.165, 1.54) is 25.7 Å². The Labute approximate surface area is 119 Å². The van der Waals surface area contributed by atoms with Crippen LogP contribution in [0.3, 0.4) is 0 Å². The maximum absolute atomic E-state index is 6.22. The molecular weight excluding hydrogens is 288 g/mol. The van der Waals surface area contributed by atoms with E-state index < -0.39 is 0 Å². The molecule has 1 nitrogen and oxygen atoms in total. The van der Waals surface area contributed by atoms with E-state index in [1.54, 1.807) is 0 Å². The van der Waals surface area contributed by atoms with Crippen LogP contribution >= 0.6 is 15.9 Å². The first kappa shape index (κ1) is 12.2. The zero-order chi connectivity index (χ0) is 12.7. The van der Waals surface area contributed by atoms with E-state index in [9.17, 15) is 0 Å². The molecule has 5 fully saturated rings. The molecule has 0 amide bonds. The van der Waals surface area contributed by atoms with Gasteiger partial charge in [0.15, 0.2) is 0 Å². The van der Waals surface area contributed by atoms with Crippen LogP contribution in [0.25, 0.3) is 0 Å². The Morgan fingerprint density at radius 1 is 1.28 bits per heavy atom. The first-order chi connectivity index (χ1) is 8.63. The van der Waals surface area contributed by atoms with Crippen LogP contribution in [0.1, 0.15) is 46.5 Å². The molecule has 2 heteroatoms. The molecule has 0 aromatic carbocycles. The quantitative estimate of drug-likeness (QED) is 0.690. The first-order valence-corrected chi connectivity index (χ1v) is 8.84. The number of hydrogen-bond acceptors (Lipinski definition) is 1. The second-order valence-corrected chi connectivity index (χ2v) is 8.43. The van der Waals surface area contributed by atoms with E-state index >= 15 is 0 Å². The fourth-order valence-electron chi connectivity index (χ4n) is 6.34. The SMILES string of the molecule is CCCCC12C(Br)C3C4C[C@H](OC(C)C)C3C1C42. The minimum Gasteiger partial charge on any atom is -0.375 e. The van der Waals surface area contributed by atoms with Gasteiger partial charge < -0.3 is 4.74 Å². The Hall–Kier alpha value is 0.440. The zero-order valence-corrected chi connectivity index (χ0v) is 13.3. The van der Waals surface area contributed by atoms with Crippen LogP contribution in [0, 0.1) is 35.0 Å². The Kier molecular flexibility index (Phi) is 2.54. The molecule has 8 atom stereocenters. The van der Waals surface area contributed by atoms with E-state index in [2.05, 4.69) is 36.7 Å². The summed E-state index contributed by atoms with van der Waals surface area (Å²) in [4.78, 5) is 0.822. The number of ether oxygens (including phenoxy) is 1. The Morgan fingerprint density at radius 3 is 2.67 bits per heavy atom. The second-order valence-electron chi connectivity index (χ2n) is 7.45. The van der Waals surface area contributed by atoms with Gasteiger partial charge in [-0.1, -0.05) is 35.7 Å². The van der Waals surface area contributed by atoms with Gasteiger partial charge in [-0.25, -0.2) is 0 Å². The number of rotatable bonds is 5. The first-order valence-electron chi connectivity index (χ1n) is 7.92. The monoisotopic (exact) mass is 312 g/mol. The molecule has 0 heterocycles. The molecule has 0 spiro atoms. The predicted molar refractivity (Wildman–Crippen MR) is 76.7 cm³/mol. The summed E-state index contributed by atoms with van der Waals surface area (Å²) in [6, 6.07) is 0. The third-order valence-electron chi connectivity index (χ3n) is 6.53. The summed E-state index contributed by atoms with van der Waals surface area (Å²) in [7, 11) is 0. The van der Waals surface area contributed by atoms with Gasteiger partial charge >= 0.3 is 0 Å². The van der Waals surface area contributed by atoms with Crippen LogP contribution in [0.5, 0.6) is 0 Å². The lowest BCUT2D eigenvalue weighted by molar-refractivity contribution is -0.0271. The van der Waals surface area contributed by atoms with Crippen molar-refractivity contribution < 1.29 is 4.74 Å². The molecule has 18 heavy (non-hydrogen) atoms. The van der Waals surface area contributed by atoms with Crippen LogP contribution in [0.15, 0.2) is 0 Å². The third-order valence-corrected chi connectivity index (χ3v) is 7.99. The van der Waals surface area contributed by atoms with Gasteiger partial charge in [-0.2, -0.15) is 0 Å². The van der Waals surface area contributed by atoms with Crippen molar-refractivity contribution in [1.29, 1.82) is 0 Å². The molecule has 0 aromatic rings. The van der Waals surface area contributed by atoms with Gasteiger partial charge in [0.2, 0.25) is 0 Å². The van der Waals surface area contributed by atoms with Crippen LogP contribution < -0.4 is 0 Å². The maximum Gasteiger partial charge on any atom is 0.0615 e. The highest BCUT2D eigenvalue weighted by Gasteiger charge is 2.88. The molecule has 0 aliphatic heterocycles. The highest BCUT2D eigenvalue weighted by atomic mass is 79.9. The average molecular weight is 313 g/mol. The Bertz CT molecular complexity index is 364. The van der Waals surface area contributed by atoms with E-state index in [4.69, 9.17) is 4.74 Å². The van der Waals surface area contributed by atoms with Crippen LogP contribution in [0.2, 0.25) is 0 Å². The van der Waals surface area contributed by atoms with Crippen LogP contribution in [0.4, 0.5) is 0 Å². The van der Waals surface area contributed by atoms with Crippen LogP contribution in [-0.4, -0.2) is 17.0 Å². The smallest absolute Gasteiger partial charge is 0.0615 e. The number of alkyl halides is 1. The van der Waals surface area contributed by atoms with E-state index in [0.717, 1.165) is 34.4 Å². The molecule has 0 N–H and O–H groups in total. The lowest BCUT2D eigenvalue weighted by Crippen LogP contribution is -2.26. The summed E-state index contributed by atoms with van der Waals surface area (Å²) in [6.07, 6.45) is 6.62. The Balaban J connectivity index is 1.56. The molecular formula is C16H25BrO. The molecule has 5 rings (SSSR count). The summed E-state index contributed by atoms with van der Waals surface area (Å²) < 4.78 is 6.22. The molecule has 6 bridgehead atoms. The van der Waals surface area contributed by atoms with E-state index in [1.807, 2.05) is 0 Å². The predicted octanol–water partition coefficient (Wildman–Crippen LogP) is 4.25.